The average molecular weight is 326 g/mol. The largest absolute Gasteiger partial charge is 0.351 e. The topological polar surface area (TPSA) is 92.3 Å². The Kier molecular flexibility index (Phi) is 5.47. The predicted octanol–water partition coefficient (Wildman–Crippen LogP) is 0.755. The molecule has 2 heterocycles. The van der Waals surface area contributed by atoms with Crippen LogP contribution in [-0.4, -0.2) is 54.0 Å². The second kappa shape index (κ2) is 7.15. The molecule has 0 spiro atoms. The summed E-state index contributed by atoms with van der Waals surface area (Å²) in [6.07, 6.45) is 4.75. The first kappa shape index (κ1) is 16.8. The van der Waals surface area contributed by atoms with Gasteiger partial charge in [-0.2, -0.15) is 0 Å². The lowest BCUT2D eigenvalue weighted by Gasteiger charge is -2.15. The highest BCUT2D eigenvalue weighted by Crippen LogP contribution is 2.12. The molecule has 2 rings (SSSR count). The van der Waals surface area contributed by atoms with Gasteiger partial charge < -0.3 is 5.32 Å². The van der Waals surface area contributed by atoms with Gasteiger partial charge in [0, 0.05) is 37.9 Å². The Morgan fingerprint density at radius 2 is 1.86 bits per heavy atom. The maximum Gasteiger partial charge on any atom is 0.254 e. The Labute approximate surface area is 131 Å². The fraction of sp³-hybridized carbons (Fsp3) is 0.643. The van der Waals surface area contributed by atoms with E-state index in [0.29, 0.717) is 24.5 Å². The lowest BCUT2D eigenvalue weighted by atomic mass is 10.2. The SMILES string of the molecule is CC(C)c1ncc(C(=O)NCCS(=O)(=O)N2CCCC2)cn1. The summed E-state index contributed by atoms with van der Waals surface area (Å²) in [6, 6.07) is 0. The fourth-order valence-corrected chi connectivity index (χ4v) is 3.68. The first-order valence-electron chi connectivity index (χ1n) is 7.48. The molecule has 0 atom stereocenters. The van der Waals surface area contributed by atoms with Crippen LogP contribution in [-0.2, 0) is 10.0 Å². The van der Waals surface area contributed by atoms with Gasteiger partial charge in [0.1, 0.15) is 5.82 Å². The number of hydrogen-bond donors (Lipinski definition) is 1. The molecule has 1 N–H and O–H groups in total. The molecular weight excluding hydrogens is 304 g/mol. The van der Waals surface area contributed by atoms with Gasteiger partial charge in [0.05, 0.1) is 11.3 Å². The number of amides is 1. The number of aromatic nitrogens is 2. The smallest absolute Gasteiger partial charge is 0.254 e. The van der Waals surface area contributed by atoms with E-state index in [0.717, 1.165) is 12.8 Å². The zero-order valence-corrected chi connectivity index (χ0v) is 13.8. The van der Waals surface area contributed by atoms with E-state index in [1.807, 2.05) is 13.8 Å². The maximum atomic E-state index is 12.0. The number of nitrogens with one attached hydrogen (secondary N) is 1. The molecule has 1 aromatic rings. The molecule has 22 heavy (non-hydrogen) atoms. The number of carbonyl (C=O) groups excluding carboxylic acids is 1. The highest BCUT2D eigenvalue weighted by atomic mass is 32.2. The Bertz CT molecular complexity index is 607. The third kappa shape index (κ3) is 4.23. The minimum Gasteiger partial charge on any atom is -0.351 e. The van der Waals surface area contributed by atoms with Crippen molar-refractivity contribution in [3.8, 4) is 0 Å². The quantitative estimate of drug-likeness (QED) is 0.833. The van der Waals surface area contributed by atoms with Crippen molar-refractivity contribution in [2.75, 3.05) is 25.4 Å². The summed E-state index contributed by atoms with van der Waals surface area (Å²) in [5, 5.41) is 2.60. The summed E-state index contributed by atoms with van der Waals surface area (Å²) in [4.78, 5) is 20.2. The summed E-state index contributed by atoms with van der Waals surface area (Å²) in [5.41, 5.74) is 0.336. The zero-order valence-electron chi connectivity index (χ0n) is 12.9. The molecule has 0 aliphatic carbocycles. The van der Waals surface area contributed by atoms with Crippen molar-refractivity contribution in [2.45, 2.75) is 32.6 Å². The highest BCUT2D eigenvalue weighted by molar-refractivity contribution is 7.89. The summed E-state index contributed by atoms with van der Waals surface area (Å²) < 4.78 is 25.5. The predicted molar refractivity (Wildman–Crippen MR) is 83.0 cm³/mol. The van der Waals surface area contributed by atoms with Gasteiger partial charge in [0.25, 0.3) is 5.91 Å². The van der Waals surface area contributed by atoms with Crippen LogP contribution in [0, 0.1) is 0 Å². The Morgan fingerprint density at radius 1 is 1.27 bits per heavy atom. The third-order valence-corrected chi connectivity index (χ3v) is 5.43. The number of carbonyl (C=O) groups is 1. The lowest BCUT2D eigenvalue weighted by Crippen LogP contribution is -2.36. The van der Waals surface area contributed by atoms with Crippen LogP contribution in [0.2, 0.25) is 0 Å². The molecule has 1 amide bonds. The molecule has 0 bridgehead atoms. The van der Waals surface area contributed by atoms with Crippen molar-refractivity contribution in [3.63, 3.8) is 0 Å². The molecule has 0 radical (unpaired) electrons. The van der Waals surface area contributed by atoms with Gasteiger partial charge in [-0.05, 0) is 12.8 Å². The molecule has 0 aromatic carbocycles. The van der Waals surface area contributed by atoms with Crippen LogP contribution in [0.4, 0.5) is 0 Å². The summed E-state index contributed by atoms with van der Waals surface area (Å²) in [5.74, 6) is 0.437. The van der Waals surface area contributed by atoms with Crippen LogP contribution in [0.1, 0.15) is 48.8 Å². The van der Waals surface area contributed by atoms with E-state index in [-0.39, 0.29) is 24.1 Å². The Hall–Kier alpha value is -1.54. The van der Waals surface area contributed by atoms with E-state index >= 15 is 0 Å². The second-order valence-electron chi connectivity index (χ2n) is 5.66. The van der Waals surface area contributed by atoms with Crippen molar-refractivity contribution in [1.82, 2.24) is 19.6 Å². The second-order valence-corrected chi connectivity index (χ2v) is 7.75. The van der Waals surface area contributed by atoms with Crippen molar-refractivity contribution >= 4 is 15.9 Å². The Balaban J connectivity index is 1.84. The van der Waals surface area contributed by atoms with E-state index in [2.05, 4.69) is 15.3 Å². The standard InChI is InChI=1S/C14H22N4O3S/c1-11(2)13-16-9-12(10-17-13)14(19)15-5-8-22(20,21)18-6-3-4-7-18/h9-11H,3-8H2,1-2H3,(H,15,19). The number of hydrogen-bond acceptors (Lipinski definition) is 5. The van der Waals surface area contributed by atoms with Crippen molar-refractivity contribution in [1.29, 1.82) is 0 Å². The van der Waals surface area contributed by atoms with Gasteiger partial charge in [0.15, 0.2) is 0 Å². The van der Waals surface area contributed by atoms with Gasteiger partial charge in [0.2, 0.25) is 10.0 Å². The zero-order chi connectivity index (χ0) is 16.2. The molecular formula is C14H22N4O3S. The van der Waals surface area contributed by atoms with E-state index in [9.17, 15) is 13.2 Å². The minimum atomic E-state index is -3.27. The van der Waals surface area contributed by atoms with E-state index in [1.54, 1.807) is 0 Å². The van der Waals surface area contributed by atoms with Crippen molar-refractivity contribution in [2.24, 2.45) is 0 Å². The Morgan fingerprint density at radius 3 is 2.41 bits per heavy atom. The molecule has 0 saturated carbocycles. The van der Waals surface area contributed by atoms with E-state index in [1.165, 1.54) is 16.7 Å². The summed E-state index contributed by atoms with van der Waals surface area (Å²) >= 11 is 0. The number of nitrogens with zero attached hydrogens (tertiary/aromatic N) is 3. The van der Waals surface area contributed by atoms with Crippen LogP contribution in [0.3, 0.4) is 0 Å². The van der Waals surface area contributed by atoms with Crippen LogP contribution in [0.5, 0.6) is 0 Å². The minimum absolute atomic E-state index is 0.0797. The van der Waals surface area contributed by atoms with Gasteiger partial charge in [-0.15, -0.1) is 0 Å². The van der Waals surface area contributed by atoms with Crippen LogP contribution in [0.25, 0.3) is 0 Å². The molecule has 1 aromatic heterocycles. The van der Waals surface area contributed by atoms with E-state index in [4.69, 9.17) is 0 Å². The molecule has 7 nitrogen and oxygen atoms in total. The lowest BCUT2D eigenvalue weighted by molar-refractivity contribution is 0.0955. The molecule has 122 valence electrons. The van der Waals surface area contributed by atoms with Crippen LogP contribution in [0.15, 0.2) is 12.4 Å². The van der Waals surface area contributed by atoms with Gasteiger partial charge in [-0.3, -0.25) is 4.79 Å². The monoisotopic (exact) mass is 326 g/mol. The van der Waals surface area contributed by atoms with Crippen molar-refractivity contribution in [3.05, 3.63) is 23.8 Å². The third-order valence-electron chi connectivity index (χ3n) is 3.55. The van der Waals surface area contributed by atoms with E-state index < -0.39 is 10.0 Å². The average Bonchev–Trinajstić information content (AvgIpc) is 3.02. The van der Waals surface area contributed by atoms with Gasteiger partial charge in [-0.25, -0.2) is 22.7 Å². The van der Waals surface area contributed by atoms with Crippen molar-refractivity contribution < 1.29 is 13.2 Å². The van der Waals surface area contributed by atoms with Crippen LogP contribution >= 0.6 is 0 Å². The molecule has 1 fully saturated rings. The molecule has 1 aliphatic heterocycles. The normalized spacial score (nSPS) is 16.1. The van der Waals surface area contributed by atoms with Gasteiger partial charge >= 0.3 is 0 Å². The first-order valence-corrected chi connectivity index (χ1v) is 9.09. The fourth-order valence-electron chi connectivity index (χ4n) is 2.24. The number of sulfonamides is 1. The first-order chi connectivity index (χ1) is 10.4. The molecule has 1 saturated heterocycles. The summed E-state index contributed by atoms with van der Waals surface area (Å²) in [6.45, 7) is 5.20. The highest BCUT2D eigenvalue weighted by Gasteiger charge is 2.24. The van der Waals surface area contributed by atoms with Gasteiger partial charge in [-0.1, -0.05) is 13.8 Å². The number of rotatable bonds is 6. The maximum absolute atomic E-state index is 12.0. The van der Waals surface area contributed by atoms with Crippen LogP contribution < -0.4 is 5.32 Å². The molecule has 1 aliphatic rings. The molecule has 8 heteroatoms. The molecule has 0 unspecified atom stereocenters. The summed E-state index contributed by atoms with van der Waals surface area (Å²) in [7, 11) is -3.27.